The Balaban J connectivity index is 2.99. The molecular weight excluding hydrogens is 264 g/mol. The second-order valence-corrected chi connectivity index (χ2v) is 4.68. The van der Waals surface area contributed by atoms with Crippen LogP contribution in [-0.2, 0) is 0 Å². The maximum absolute atomic E-state index is 5.87. The predicted octanol–water partition coefficient (Wildman–Crippen LogP) is 3.48. The fraction of sp³-hybridized carbons (Fsp3) is 0.385. The average Bonchev–Trinajstić information content (AvgIpc) is 2.25. The van der Waals surface area contributed by atoms with Gasteiger partial charge in [0.15, 0.2) is 0 Å². The van der Waals surface area contributed by atoms with E-state index in [9.17, 15) is 0 Å². The number of likely N-dealkylation sites (N-methyl/N-ethyl adjacent to an activating group) is 1. The monoisotopic (exact) mass is 282 g/mol. The van der Waals surface area contributed by atoms with E-state index in [1.165, 1.54) is 5.69 Å². The molecular formula is C13H19BrN2. The molecule has 0 amide bonds. The van der Waals surface area contributed by atoms with E-state index in [1.807, 2.05) is 13.0 Å². The van der Waals surface area contributed by atoms with E-state index < -0.39 is 0 Å². The maximum Gasteiger partial charge on any atom is 0.0380 e. The standard InChI is InChI=1S/C13H19BrN2/c1-4-8-16(5-2)11-6-7-12(10(3)15)13(14)9-11/h4,6-7,9-10H,1,5,8,15H2,2-3H3/t10-/m0/s1. The zero-order chi connectivity index (χ0) is 12.1. The summed E-state index contributed by atoms with van der Waals surface area (Å²) in [4.78, 5) is 2.25. The fourth-order valence-corrected chi connectivity index (χ4v) is 2.38. The molecule has 88 valence electrons. The molecule has 0 radical (unpaired) electrons. The molecule has 0 aliphatic rings. The van der Waals surface area contributed by atoms with Gasteiger partial charge < -0.3 is 10.6 Å². The first kappa shape index (κ1) is 13.3. The number of hydrogen-bond acceptors (Lipinski definition) is 2. The van der Waals surface area contributed by atoms with Gasteiger partial charge in [-0.1, -0.05) is 28.1 Å². The molecule has 0 heterocycles. The third-order valence-corrected chi connectivity index (χ3v) is 3.26. The Labute approximate surface area is 106 Å². The largest absolute Gasteiger partial charge is 0.368 e. The van der Waals surface area contributed by atoms with Gasteiger partial charge in [0, 0.05) is 29.3 Å². The van der Waals surface area contributed by atoms with Gasteiger partial charge in [0.25, 0.3) is 0 Å². The highest BCUT2D eigenvalue weighted by Gasteiger charge is 2.08. The second-order valence-electron chi connectivity index (χ2n) is 3.82. The van der Waals surface area contributed by atoms with Gasteiger partial charge in [0.1, 0.15) is 0 Å². The van der Waals surface area contributed by atoms with Crippen LogP contribution >= 0.6 is 15.9 Å². The first-order valence-electron chi connectivity index (χ1n) is 5.51. The Hall–Kier alpha value is -0.800. The van der Waals surface area contributed by atoms with Gasteiger partial charge in [-0.15, -0.1) is 6.58 Å². The summed E-state index contributed by atoms with van der Waals surface area (Å²) in [5.74, 6) is 0. The normalized spacial score (nSPS) is 12.2. The van der Waals surface area contributed by atoms with Gasteiger partial charge in [-0.25, -0.2) is 0 Å². The van der Waals surface area contributed by atoms with E-state index in [0.29, 0.717) is 0 Å². The van der Waals surface area contributed by atoms with Crippen molar-refractivity contribution in [3.63, 3.8) is 0 Å². The SMILES string of the molecule is C=CCN(CC)c1ccc([C@H](C)N)c(Br)c1. The molecule has 16 heavy (non-hydrogen) atoms. The van der Waals surface area contributed by atoms with Gasteiger partial charge in [-0.05, 0) is 31.5 Å². The summed E-state index contributed by atoms with van der Waals surface area (Å²) in [6, 6.07) is 6.36. The Morgan fingerprint density at radius 3 is 2.69 bits per heavy atom. The van der Waals surface area contributed by atoms with Crippen molar-refractivity contribution in [2.75, 3.05) is 18.0 Å². The zero-order valence-corrected chi connectivity index (χ0v) is 11.5. The zero-order valence-electron chi connectivity index (χ0n) is 9.91. The van der Waals surface area contributed by atoms with Crippen LogP contribution in [0.5, 0.6) is 0 Å². The minimum absolute atomic E-state index is 0.0536. The Morgan fingerprint density at radius 2 is 2.25 bits per heavy atom. The van der Waals surface area contributed by atoms with Crippen LogP contribution in [0.2, 0.25) is 0 Å². The number of nitrogens with zero attached hydrogens (tertiary/aromatic N) is 1. The molecule has 0 aromatic heterocycles. The summed E-state index contributed by atoms with van der Waals surface area (Å²) < 4.78 is 1.07. The molecule has 0 unspecified atom stereocenters. The van der Waals surface area contributed by atoms with Gasteiger partial charge in [-0.2, -0.15) is 0 Å². The quantitative estimate of drug-likeness (QED) is 0.838. The highest BCUT2D eigenvalue weighted by molar-refractivity contribution is 9.10. The van der Waals surface area contributed by atoms with Crippen LogP contribution in [-0.4, -0.2) is 13.1 Å². The Bertz CT molecular complexity index is 361. The van der Waals surface area contributed by atoms with Gasteiger partial charge in [0.05, 0.1) is 0 Å². The highest BCUT2D eigenvalue weighted by atomic mass is 79.9. The van der Waals surface area contributed by atoms with Crippen molar-refractivity contribution >= 4 is 21.6 Å². The lowest BCUT2D eigenvalue weighted by atomic mass is 10.1. The molecule has 3 heteroatoms. The van der Waals surface area contributed by atoms with Crippen molar-refractivity contribution < 1.29 is 0 Å². The highest BCUT2D eigenvalue weighted by Crippen LogP contribution is 2.27. The Kier molecular flexibility index (Phi) is 5.03. The summed E-state index contributed by atoms with van der Waals surface area (Å²) in [5.41, 5.74) is 8.20. The number of benzene rings is 1. The number of halogens is 1. The third kappa shape index (κ3) is 3.09. The van der Waals surface area contributed by atoms with Gasteiger partial charge in [0.2, 0.25) is 0 Å². The van der Waals surface area contributed by atoms with E-state index in [4.69, 9.17) is 5.73 Å². The minimum atomic E-state index is 0.0536. The molecule has 2 nitrogen and oxygen atoms in total. The lowest BCUT2D eigenvalue weighted by Gasteiger charge is -2.22. The van der Waals surface area contributed by atoms with Crippen molar-refractivity contribution in [3.8, 4) is 0 Å². The lowest BCUT2D eigenvalue weighted by Crippen LogP contribution is -2.22. The second kappa shape index (κ2) is 6.06. The van der Waals surface area contributed by atoms with Crippen LogP contribution in [0.4, 0.5) is 5.69 Å². The smallest absolute Gasteiger partial charge is 0.0380 e. The van der Waals surface area contributed by atoms with Crippen molar-refractivity contribution in [3.05, 3.63) is 40.9 Å². The predicted molar refractivity (Wildman–Crippen MR) is 74.8 cm³/mol. The van der Waals surface area contributed by atoms with Crippen molar-refractivity contribution in [1.82, 2.24) is 0 Å². The summed E-state index contributed by atoms with van der Waals surface area (Å²) in [6.45, 7) is 9.72. The fourth-order valence-electron chi connectivity index (χ4n) is 1.65. The van der Waals surface area contributed by atoms with Crippen LogP contribution < -0.4 is 10.6 Å². The van der Waals surface area contributed by atoms with Gasteiger partial charge >= 0.3 is 0 Å². The van der Waals surface area contributed by atoms with E-state index >= 15 is 0 Å². The molecule has 0 bridgehead atoms. The van der Waals surface area contributed by atoms with Crippen molar-refractivity contribution in [2.45, 2.75) is 19.9 Å². The van der Waals surface area contributed by atoms with Crippen molar-refractivity contribution in [2.24, 2.45) is 5.73 Å². The summed E-state index contributed by atoms with van der Waals surface area (Å²) in [5, 5.41) is 0. The molecule has 1 rings (SSSR count). The molecule has 1 aromatic carbocycles. The number of anilines is 1. The third-order valence-electron chi connectivity index (χ3n) is 2.57. The lowest BCUT2D eigenvalue weighted by molar-refractivity contribution is 0.811. The Morgan fingerprint density at radius 1 is 1.56 bits per heavy atom. The number of nitrogens with two attached hydrogens (primary N) is 1. The number of rotatable bonds is 5. The van der Waals surface area contributed by atoms with Crippen molar-refractivity contribution in [1.29, 1.82) is 0 Å². The molecule has 1 atom stereocenters. The maximum atomic E-state index is 5.87. The topological polar surface area (TPSA) is 29.3 Å². The van der Waals surface area contributed by atoms with E-state index in [0.717, 1.165) is 23.1 Å². The van der Waals surface area contributed by atoms with Crippen LogP contribution in [0.3, 0.4) is 0 Å². The summed E-state index contributed by atoms with van der Waals surface area (Å²) in [6.07, 6.45) is 1.91. The summed E-state index contributed by atoms with van der Waals surface area (Å²) >= 11 is 3.56. The summed E-state index contributed by atoms with van der Waals surface area (Å²) in [7, 11) is 0. The van der Waals surface area contributed by atoms with Crippen LogP contribution in [0, 0.1) is 0 Å². The first-order chi connectivity index (χ1) is 7.60. The molecule has 0 saturated heterocycles. The molecule has 0 fully saturated rings. The van der Waals surface area contributed by atoms with E-state index in [-0.39, 0.29) is 6.04 Å². The number of hydrogen-bond donors (Lipinski definition) is 1. The molecule has 2 N–H and O–H groups in total. The van der Waals surface area contributed by atoms with Gasteiger partial charge in [-0.3, -0.25) is 0 Å². The van der Waals surface area contributed by atoms with E-state index in [2.05, 4.69) is 52.5 Å². The minimum Gasteiger partial charge on any atom is -0.368 e. The van der Waals surface area contributed by atoms with Crippen LogP contribution in [0.25, 0.3) is 0 Å². The molecule has 0 spiro atoms. The molecule has 0 aliphatic carbocycles. The molecule has 0 saturated carbocycles. The van der Waals surface area contributed by atoms with E-state index in [1.54, 1.807) is 0 Å². The average molecular weight is 283 g/mol. The van der Waals surface area contributed by atoms with Crippen LogP contribution in [0.1, 0.15) is 25.5 Å². The molecule has 0 aliphatic heterocycles. The molecule has 1 aromatic rings. The first-order valence-corrected chi connectivity index (χ1v) is 6.30. The van der Waals surface area contributed by atoms with Crippen LogP contribution in [0.15, 0.2) is 35.3 Å².